The zero-order chi connectivity index (χ0) is 20.5. The molecule has 0 aromatic rings. The monoisotopic (exact) mass is 355 g/mol. The molecule has 3 amide bonds. The molecule has 1 unspecified atom stereocenters. The van der Waals surface area contributed by atoms with Gasteiger partial charge in [0.25, 0.3) is 0 Å². The SMILES string of the molecule is C#C.CCC(C)(C)C.CC[C@H](NC=O)C(=O)N1CCCC1C.NC=O. The number of carbonyl (C=O) groups excluding carboxylic acids is 3. The second-order valence-corrected chi connectivity index (χ2v) is 6.82. The van der Waals surface area contributed by atoms with Gasteiger partial charge in [-0.15, -0.1) is 12.8 Å². The molecule has 1 rings (SSSR count). The minimum Gasteiger partial charge on any atom is -0.372 e. The van der Waals surface area contributed by atoms with Gasteiger partial charge < -0.3 is 16.0 Å². The lowest BCUT2D eigenvalue weighted by molar-refractivity contribution is -0.135. The van der Waals surface area contributed by atoms with Gasteiger partial charge in [-0.1, -0.05) is 41.0 Å². The summed E-state index contributed by atoms with van der Waals surface area (Å²) < 4.78 is 0. The van der Waals surface area contributed by atoms with Crippen LogP contribution in [0.5, 0.6) is 0 Å². The molecular formula is C19H37N3O3. The molecular weight excluding hydrogens is 318 g/mol. The third-order valence-corrected chi connectivity index (χ3v) is 3.87. The predicted octanol–water partition coefficient (Wildman–Crippen LogP) is 2.32. The second-order valence-electron chi connectivity index (χ2n) is 6.82. The van der Waals surface area contributed by atoms with Crippen LogP contribution in [0.25, 0.3) is 0 Å². The van der Waals surface area contributed by atoms with Crippen LogP contribution in [-0.4, -0.2) is 42.3 Å². The van der Waals surface area contributed by atoms with Crippen LogP contribution >= 0.6 is 0 Å². The second kappa shape index (κ2) is 16.8. The maximum atomic E-state index is 11.9. The average Bonchev–Trinajstić information content (AvgIpc) is 3.00. The number of nitrogens with one attached hydrogen (secondary N) is 1. The van der Waals surface area contributed by atoms with E-state index in [9.17, 15) is 9.59 Å². The number of nitrogens with zero attached hydrogens (tertiary/aromatic N) is 1. The Morgan fingerprint density at radius 1 is 1.32 bits per heavy atom. The highest BCUT2D eigenvalue weighted by Gasteiger charge is 2.29. The molecule has 25 heavy (non-hydrogen) atoms. The summed E-state index contributed by atoms with van der Waals surface area (Å²) in [6, 6.07) is -0.0157. The van der Waals surface area contributed by atoms with Crippen molar-refractivity contribution in [2.24, 2.45) is 11.1 Å². The fourth-order valence-electron chi connectivity index (χ4n) is 1.91. The molecule has 1 aliphatic rings. The van der Waals surface area contributed by atoms with Gasteiger partial charge in [0.2, 0.25) is 18.7 Å². The first-order valence-electron chi connectivity index (χ1n) is 8.67. The van der Waals surface area contributed by atoms with E-state index >= 15 is 0 Å². The molecule has 1 heterocycles. The maximum Gasteiger partial charge on any atom is 0.245 e. The van der Waals surface area contributed by atoms with Crippen molar-refractivity contribution < 1.29 is 14.4 Å². The first kappa shape index (κ1) is 27.8. The predicted molar refractivity (Wildman–Crippen MR) is 104 cm³/mol. The van der Waals surface area contributed by atoms with E-state index in [0.29, 0.717) is 24.3 Å². The van der Waals surface area contributed by atoms with Crippen molar-refractivity contribution in [1.82, 2.24) is 10.2 Å². The summed E-state index contributed by atoms with van der Waals surface area (Å²) in [5.41, 5.74) is 4.71. The Bertz CT molecular complexity index is 376. The molecule has 146 valence electrons. The van der Waals surface area contributed by atoms with Gasteiger partial charge in [-0.2, -0.15) is 0 Å². The van der Waals surface area contributed by atoms with Crippen LogP contribution in [0.2, 0.25) is 0 Å². The highest BCUT2D eigenvalue weighted by atomic mass is 16.2. The van der Waals surface area contributed by atoms with Crippen molar-refractivity contribution >= 4 is 18.7 Å². The van der Waals surface area contributed by atoms with Gasteiger partial charge in [-0.05, 0) is 31.6 Å². The van der Waals surface area contributed by atoms with Crippen LogP contribution in [0.4, 0.5) is 0 Å². The van der Waals surface area contributed by atoms with E-state index in [1.54, 1.807) is 0 Å². The Morgan fingerprint density at radius 2 is 1.76 bits per heavy atom. The van der Waals surface area contributed by atoms with Crippen molar-refractivity contribution in [3.8, 4) is 12.8 Å². The Hall–Kier alpha value is -2.03. The number of amides is 3. The molecule has 0 aromatic carbocycles. The van der Waals surface area contributed by atoms with Crippen LogP contribution in [0, 0.1) is 18.3 Å². The summed E-state index contributed by atoms with van der Waals surface area (Å²) in [5.74, 6) is 0.0598. The van der Waals surface area contributed by atoms with Crippen molar-refractivity contribution in [2.45, 2.75) is 79.3 Å². The Kier molecular flexibility index (Phi) is 18.7. The normalized spacial score (nSPS) is 16.5. The summed E-state index contributed by atoms with van der Waals surface area (Å²) >= 11 is 0. The summed E-state index contributed by atoms with van der Waals surface area (Å²) in [5, 5.41) is 2.56. The standard InChI is InChI=1S/C10H18N2O2.C6H14.C2H2.CH3NO/c1-3-9(11-7-13)10(14)12-6-4-5-8(12)2;1-5-6(2,3)4;1-2;2-1-3/h7-9H,3-6H2,1-2H3,(H,11,13);5H2,1-4H3;1-2H;1H,(H2,2,3)/t8?,9-;;;/m0.../s1. The quantitative estimate of drug-likeness (QED) is 0.599. The number of primary amides is 1. The summed E-state index contributed by atoms with van der Waals surface area (Å²) in [4.78, 5) is 32.6. The number of carbonyl (C=O) groups is 3. The first-order chi connectivity index (χ1) is 11.7. The first-order valence-corrected chi connectivity index (χ1v) is 8.67. The fraction of sp³-hybridized carbons (Fsp3) is 0.737. The highest BCUT2D eigenvalue weighted by Crippen LogP contribution is 2.18. The van der Waals surface area contributed by atoms with Crippen LogP contribution in [0.15, 0.2) is 0 Å². The molecule has 0 aromatic heterocycles. The zero-order valence-corrected chi connectivity index (χ0v) is 16.7. The van der Waals surface area contributed by atoms with E-state index in [2.05, 4.69) is 58.5 Å². The van der Waals surface area contributed by atoms with Gasteiger partial charge in [0.15, 0.2) is 0 Å². The molecule has 0 spiro atoms. The van der Waals surface area contributed by atoms with Crippen molar-refractivity contribution in [3.05, 3.63) is 0 Å². The van der Waals surface area contributed by atoms with Gasteiger partial charge >= 0.3 is 0 Å². The minimum absolute atomic E-state index is 0.0598. The lowest BCUT2D eigenvalue weighted by Gasteiger charge is -2.25. The lowest BCUT2D eigenvalue weighted by Crippen LogP contribution is -2.47. The molecule has 0 aliphatic carbocycles. The van der Waals surface area contributed by atoms with E-state index in [-0.39, 0.29) is 18.4 Å². The Balaban J connectivity index is -0.000000367. The number of terminal acetylenes is 1. The Morgan fingerprint density at radius 3 is 2.00 bits per heavy atom. The van der Waals surface area contributed by atoms with Gasteiger partial charge in [-0.3, -0.25) is 14.4 Å². The number of rotatable bonds is 4. The van der Waals surface area contributed by atoms with Gasteiger partial charge in [0.05, 0.1) is 0 Å². The molecule has 0 saturated carbocycles. The third kappa shape index (κ3) is 15.2. The van der Waals surface area contributed by atoms with E-state index in [1.165, 1.54) is 6.42 Å². The smallest absolute Gasteiger partial charge is 0.245 e. The topological polar surface area (TPSA) is 92.5 Å². The van der Waals surface area contributed by atoms with Gasteiger partial charge in [-0.25, -0.2) is 0 Å². The lowest BCUT2D eigenvalue weighted by atomic mass is 9.94. The molecule has 0 radical (unpaired) electrons. The number of nitrogens with two attached hydrogens (primary N) is 1. The summed E-state index contributed by atoms with van der Waals surface area (Å²) in [7, 11) is 0. The van der Waals surface area contributed by atoms with Gasteiger partial charge in [0.1, 0.15) is 6.04 Å². The van der Waals surface area contributed by atoms with E-state index in [4.69, 9.17) is 4.79 Å². The summed E-state index contributed by atoms with van der Waals surface area (Å²) in [6.07, 6.45) is 12.9. The molecule has 1 aliphatic heterocycles. The van der Waals surface area contributed by atoms with Crippen molar-refractivity contribution in [2.75, 3.05) is 6.54 Å². The molecule has 1 fully saturated rings. The van der Waals surface area contributed by atoms with Crippen LogP contribution < -0.4 is 11.1 Å². The number of hydrogen-bond acceptors (Lipinski definition) is 3. The van der Waals surface area contributed by atoms with Crippen LogP contribution in [0.1, 0.15) is 67.2 Å². The van der Waals surface area contributed by atoms with Crippen LogP contribution in [0.3, 0.4) is 0 Å². The minimum atomic E-state index is -0.340. The molecule has 3 N–H and O–H groups in total. The van der Waals surface area contributed by atoms with E-state index in [0.717, 1.165) is 19.4 Å². The largest absolute Gasteiger partial charge is 0.372 e. The molecule has 1 saturated heterocycles. The van der Waals surface area contributed by atoms with Crippen LogP contribution in [-0.2, 0) is 14.4 Å². The summed E-state index contributed by atoms with van der Waals surface area (Å²) in [6.45, 7) is 13.7. The fourth-order valence-corrected chi connectivity index (χ4v) is 1.91. The highest BCUT2D eigenvalue weighted by molar-refractivity contribution is 5.84. The molecule has 6 heteroatoms. The van der Waals surface area contributed by atoms with E-state index in [1.807, 2.05) is 11.8 Å². The molecule has 0 bridgehead atoms. The number of likely N-dealkylation sites (tertiary alicyclic amines) is 1. The van der Waals surface area contributed by atoms with E-state index < -0.39 is 0 Å². The molecule has 6 nitrogen and oxygen atoms in total. The van der Waals surface area contributed by atoms with Gasteiger partial charge in [0, 0.05) is 12.6 Å². The molecule has 2 atom stereocenters. The third-order valence-electron chi connectivity index (χ3n) is 3.87. The maximum absolute atomic E-state index is 11.9. The average molecular weight is 356 g/mol. The van der Waals surface area contributed by atoms with Crippen molar-refractivity contribution in [1.29, 1.82) is 0 Å². The number of hydrogen-bond donors (Lipinski definition) is 2. The Labute approximate surface area is 153 Å². The zero-order valence-electron chi connectivity index (χ0n) is 16.7. The van der Waals surface area contributed by atoms with Crippen molar-refractivity contribution in [3.63, 3.8) is 0 Å².